The van der Waals surface area contributed by atoms with Crippen molar-refractivity contribution in [3.05, 3.63) is 53.6 Å². The summed E-state index contributed by atoms with van der Waals surface area (Å²) in [6.45, 7) is 2.28. The van der Waals surface area contributed by atoms with Crippen LogP contribution < -0.4 is 15.4 Å². The number of rotatable bonds is 2. The van der Waals surface area contributed by atoms with Crippen LogP contribution in [0.3, 0.4) is 0 Å². The summed E-state index contributed by atoms with van der Waals surface area (Å²) in [7, 11) is 0. The molecule has 4 rings (SSSR count). The second-order valence-corrected chi connectivity index (χ2v) is 6.80. The van der Waals surface area contributed by atoms with Gasteiger partial charge in [-0.05, 0) is 29.8 Å². The van der Waals surface area contributed by atoms with Crippen LogP contribution in [0.25, 0.3) is 0 Å². The first-order chi connectivity index (χ1) is 11.3. The molecule has 0 saturated heterocycles. The van der Waals surface area contributed by atoms with Crippen LogP contribution in [-0.2, 0) is 11.3 Å². The van der Waals surface area contributed by atoms with Crippen molar-refractivity contribution in [1.82, 2.24) is 5.32 Å². The quantitative estimate of drug-likeness (QED) is 0.891. The van der Waals surface area contributed by atoms with Gasteiger partial charge in [0.25, 0.3) is 0 Å². The molecule has 118 valence electrons. The lowest BCUT2D eigenvalue weighted by atomic mass is 10.0. The zero-order chi connectivity index (χ0) is 15.6. The molecule has 2 aliphatic rings. The van der Waals surface area contributed by atoms with E-state index in [2.05, 4.69) is 16.7 Å². The number of hydrogen-bond donors (Lipinski definition) is 2. The van der Waals surface area contributed by atoms with Crippen molar-refractivity contribution in [3.8, 4) is 5.75 Å². The predicted octanol–water partition coefficient (Wildman–Crippen LogP) is 3.00. The maximum atomic E-state index is 12.6. The molecule has 2 heterocycles. The van der Waals surface area contributed by atoms with Gasteiger partial charge >= 0.3 is 0 Å². The highest BCUT2D eigenvalue weighted by Gasteiger charge is 2.29. The van der Waals surface area contributed by atoms with Gasteiger partial charge in [-0.15, -0.1) is 11.8 Å². The van der Waals surface area contributed by atoms with E-state index < -0.39 is 0 Å². The standard InChI is InChI=1S/C18H18N2O2S/c21-18(15-11-23-17-4-2-1-3-14(15)17)20-13-5-6-16-12(9-13)10-19-7-8-22-16/h1-6,9,15,19H,7-8,10-11H2,(H,20,21). The van der Waals surface area contributed by atoms with Crippen LogP contribution in [-0.4, -0.2) is 24.8 Å². The second-order valence-electron chi connectivity index (χ2n) is 5.74. The van der Waals surface area contributed by atoms with Crippen molar-refractivity contribution in [1.29, 1.82) is 0 Å². The van der Waals surface area contributed by atoms with Crippen LogP contribution in [0.4, 0.5) is 5.69 Å². The van der Waals surface area contributed by atoms with Crippen LogP contribution >= 0.6 is 11.8 Å². The molecule has 0 radical (unpaired) electrons. The minimum Gasteiger partial charge on any atom is -0.492 e. The minimum atomic E-state index is -0.0793. The molecule has 1 atom stereocenters. The first-order valence-corrected chi connectivity index (χ1v) is 8.79. The van der Waals surface area contributed by atoms with Crippen molar-refractivity contribution in [3.63, 3.8) is 0 Å². The summed E-state index contributed by atoms with van der Waals surface area (Å²) >= 11 is 1.75. The summed E-state index contributed by atoms with van der Waals surface area (Å²) in [5, 5.41) is 6.37. The number of fused-ring (bicyclic) bond motifs is 2. The smallest absolute Gasteiger partial charge is 0.232 e. The monoisotopic (exact) mass is 326 g/mol. The van der Waals surface area contributed by atoms with Crippen molar-refractivity contribution < 1.29 is 9.53 Å². The van der Waals surface area contributed by atoms with E-state index in [9.17, 15) is 4.79 Å². The fourth-order valence-corrected chi connectivity index (χ4v) is 4.23. The van der Waals surface area contributed by atoms with Gasteiger partial charge < -0.3 is 15.4 Å². The van der Waals surface area contributed by atoms with Crippen molar-refractivity contribution in [2.24, 2.45) is 0 Å². The maximum absolute atomic E-state index is 12.6. The number of nitrogens with one attached hydrogen (secondary N) is 2. The predicted molar refractivity (Wildman–Crippen MR) is 92.2 cm³/mol. The molecule has 0 fully saturated rings. The van der Waals surface area contributed by atoms with Gasteiger partial charge in [-0.2, -0.15) is 0 Å². The Balaban J connectivity index is 1.52. The zero-order valence-electron chi connectivity index (χ0n) is 12.7. The Morgan fingerprint density at radius 3 is 3.13 bits per heavy atom. The molecule has 5 heteroatoms. The largest absolute Gasteiger partial charge is 0.492 e. The van der Waals surface area contributed by atoms with Gasteiger partial charge in [-0.3, -0.25) is 4.79 Å². The van der Waals surface area contributed by atoms with E-state index in [1.807, 2.05) is 36.4 Å². The summed E-state index contributed by atoms with van der Waals surface area (Å²) in [6.07, 6.45) is 0. The van der Waals surface area contributed by atoms with E-state index in [1.165, 1.54) is 4.90 Å². The fourth-order valence-electron chi connectivity index (χ4n) is 3.00. The molecule has 0 saturated carbocycles. The highest BCUT2D eigenvalue weighted by atomic mass is 32.2. The van der Waals surface area contributed by atoms with Gasteiger partial charge in [0.1, 0.15) is 12.4 Å². The lowest BCUT2D eigenvalue weighted by Crippen LogP contribution is -2.21. The van der Waals surface area contributed by atoms with Crippen LogP contribution in [0.15, 0.2) is 47.4 Å². The molecule has 1 unspecified atom stereocenters. The van der Waals surface area contributed by atoms with Gasteiger partial charge in [-0.1, -0.05) is 18.2 Å². The number of amides is 1. The summed E-state index contributed by atoms with van der Waals surface area (Å²) in [4.78, 5) is 13.9. The number of hydrogen-bond acceptors (Lipinski definition) is 4. The molecule has 0 bridgehead atoms. The molecular formula is C18H18N2O2S. The average molecular weight is 326 g/mol. The molecule has 2 aromatic carbocycles. The number of thioether (sulfide) groups is 1. The van der Waals surface area contributed by atoms with Gasteiger partial charge in [-0.25, -0.2) is 0 Å². The third kappa shape index (κ3) is 2.94. The third-order valence-electron chi connectivity index (χ3n) is 4.20. The highest BCUT2D eigenvalue weighted by Crippen LogP contribution is 2.39. The van der Waals surface area contributed by atoms with Crippen molar-refractivity contribution in [2.75, 3.05) is 24.2 Å². The topological polar surface area (TPSA) is 50.4 Å². The number of benzene rings is 2. The normalized spacial score (nSPS) is 19.2. The van der Waals surface area contributed by atoms with Gasteiger partial charge in [0.2, 0.25) is 5.91 Å². The number of carbonyl (C=O) groups excluding carboxylic acids is 1. The number of ether oxygens (including phenoxy) is 1. The van der Waals surface area contributed by atoms with Crippen LogP contribution in [0.2, 0.25) is 0 Å². The molecule has 0 aromatic heterocycles. The summed E-state index contributed by atoms with van der Waals surface area (Å²) in [6, 6.07) is 14.0. The number of anilines is 1. The molecular weight excluding hydrogens is 308 g/mol. The zero-order valence-corrected chi connectivity index (χ0v) is 13.5. The van der Waals surface area contributed by atoms with Crippen LogP contribution in [0, 0.1) is 0 Å². The summed E-state index contributed by atoms with van der Waals surface area (Å²) in [5.74, 6) is 1.69. The fraction of sp³-hybridized carbons (Fsp3) is 0.278. The Kier molecular flexibility index (Phi) is 3.97. The Bertz CT molecular complexity index is 748. The molecule has 23 heavy (non-hydrogen) atoms. The van der Waals surface area contributed by atoms with E-state index in [4.69, 9.17) is 4.74 Å². The minimum absolute atomic E-state index is 0.0601. The Morgan fingerprint density at radius 1 is 1.26 bits per heavy atom. The first kappa shape index (κ1) is 14.6. The molecule has 4 nitrogen and oxygen atoms in total. The maximum Gasteiger partial charge on any atom is 0.232 e. The third-order valence-corrected chi connectivity index (χ3v) is 5.38. The lowest BCUT2D eigenvalue weighted by Gasteiger charge is -2.13. The first-order valence-electron chi connectivity index (χ1n) is 7.80. The van der Waals surface area contributed by atoms with Crippen LogP contribution in [0.5, 0.6) is 5.75 Å². The Hall–Kier alpha value is -1.98. The molecule has 2 aromatic rings. The lowest BCUT2D eigenvalue weighted by molar-refractivity contribution is -0.117. The van der Waals surface area contributed by atoms with Crippen molar-refractivity contribution >= 4 is 23.4 Å². The highest BCUT2D eigenvalue weighted by molar-refractivity contribution is 7.99. The summed E-state index contributed by atoms with van der Waals surface area (Å²) in [5.41, 5.74) is 3.05. The Morgan fingerprint density at radius 2 is 2.17 bits per heavy atom. The average Bonchev–Trinajstić information content (AvgIpc) is 2.86. The molecule has 2 aliphatic heterocycles. The summed E-state index contributed by atoms with van der Waals surface area (Å²) < 4.78 is 5.68. The van der Waals surface area contributed by atoms with E-state index in [1.54, 1.807) is 11.8 Å². The molecule has 0 aliphatic carbocycles. The van der Waals surface area contributed by atoms with Gasteiger partial charge in [0.05, 0.1) is 5.92 Å². The van der Waals surface area contributed by atoms with E-state index >= 15 is 0 Å². The van der Waals surface area contributed by atoms with E-state index in [0.717, 1.165) is 41.4 Å². The Labute approximate surface area is 139 Å². The molecule has 0 spiro atoms. The molecule has 2 N–H and O–H groups in total. The SMILES string of the molecule is O=C(Nc1ccc2c(c1)CNCCO2)C1CSc2ccccc21. The molecule has 1 amide bonds. The van der Waals surface area contributed by atoms with Crippen LogP contribution in [0.1, 0.15) is 17.0 Å². The second kappa shape index (κ2) is 6.26. The van der Waals surface area contributed by atoms with Gasteiger partial charge in [0, 0.05) is 35.0 Å². The number of carbonyl (C=O) groups is 1. The van der Waals surface area contributed by atoms with Crippen molar-refractivity contribution in [2.45, 2.75) is 17.4 Å². The van der Waals surface area contributed by atoms with E-state index in [0.29, 0.717) is 6.61 Å². The van der Waals surface area contributed by atoms with E-state index in [-0.39, 0.29) is 11.8 Å². The van der Waals surface area contributed by atoms with Gasteiger partial charge in [0.15, 0.2) is 0 Å².